The number of methoxy groups -OCH3 is 1. The Labute approximate surface area is 160 Å². The Morgan fingerprint density at radius 2 is 1.93 bits per heavy atom. The van der Waals surface area contributed by atoms with Crippen molar-refractivity contribution in [1.29, 1.82) is 0 Å². The van der Waals surface area contributed by atoms with Crippen LogP contribution in [0.5, 0.6) is 5.75 Å². The largest absolute Gasteiger partial charge is 0.467 e. The molecule has 1 amide bonds. The number of hydrogen-bond donors (Lipinski definition) is 0. The van der Waals surface area contributed by atoms with Gasteiger partial charge in [0.15, 0.2) is 0 Å². The third-order valence-electron chi connectivity index (χ3n) is 4.16. The molecule has 0 bridgehead atoms. The summed E-state index contributed by atoms with van der Waals surface area (Å²) in [6.07, 6.45) is 1.52. The molecule has 1 aliphatic heterocycles. The number of benzene rings is 2. The molecule has 5 nitrogen and oxygen atoms in total. The van der Waals surface area contributed by atoms with Crippen LogP contribution in [0.4, 0.5) is 4.39 Å². The minimum atomic E-state index is -0.850. The number of nitrogens with zero attached hydrogens (tertiary/aromatic N) is 1. The number of hydrogen-bond acceptors (Lipinski definition) is 4. The summed E-state index contributed by atoms with van der Waals surface area (Å²) in [5.41, 5.74) is 0.708. The number of esters is 1. The summed E-state index contributed by atoms with van der Waals surface area (Å²) in [7, 11) is 1.26. The van der Waals surface area contributed by atoms with Gasteiger partial charge in [-0.3, -0.25) is 4.79 Å². The average Bonchev–Trinajstić information content (AvgIpc) is 3.02. The zero-order valence-corrected chi connectivity index (χ0v) is 15.3. The molecule has 27 heavy (non-hydrogen) atoms. The SMILES string of the molecule is COC(=O)C(Cc1ccc(F)cc1)N1CC(Oc2ccccc2Cl)=CC1=O. The lowest BCUT2D eigenvalue weighted by atomic mass is 10.0. The molecule has 0 saturated heterocycles. The second-order valence-corrected chi connectivity index (χ2v) is 6.39. The fourth-order valence-electron chi connectivity index (χ4n) is 2.81. The smallest absolute Gasteiger partial charge is 0.328 e. The van der Waals surface area contributed by atoms with Gasteiger partial charge in [-0.2, -0.15) is 0 Å². The van der Waals surface area contributed by atoms with Crippen molar-refractivity contribution in [2.75, 3.05) is 13.7 Å². The fourth-order valence-corrected chi connectivity index (χ4v) is 2.98. The van der Waals surface area contributed by atoms with Gasteiger partial charge in [0.25, 0.3) is 5.91 Å². The third-order valence-corrected chi connectivity index (χ3v) is 4.48. The Kier molecular flexibility index (Phi) is 5.76. The Bertz CT molecular complexity index is 882. The van der Waals surface area contributed by atoms with E-state index in [0.717, 1.165) is 0 Å². The zero-order valence-electron chi connectivity index (χ0n) is 14.5. The minimum Gasteiger partial charge on any atom is -0.467 e. The first-order valence-corrected chi connectivity index (χ1v) is 8.61. The van der Waals surface area contributed by atoms with E-state index in [2.05, 4.69) is 0 Å². The summed E-state index contributed by atoms with van der Waals surface area (Å²) in [6.45, 7) is 0.102. The molecule has 0 N–H and O–H groups in total. The average molecular weight is 390 g/mol. The monoisotopic (exact) mass is 389 g/mol. The first-order valence-electron chi connectivity index (χ1n) is 8.23. The molecule has 1 atom stereocenters. The normalized spacial score (nSPS) is 14.7. The lowest BCUT2D eigenvalue weighted by molar-refractivity contribution is -0.150. The summed E-state index contributed by atoms with van der Waals surface area (Å²) in [5, 5.41) is 0.417. The van der Waals surface area contributed by atoms with Crippen molar-refractivity contribution in [1.82, 2.24) is 4.90 Å². The molecule has 7 heteroatoms. The summed E-state index contributed by atoms with van der Waals surface area (Å²) >= 11 is 6.08. The van der Waals surface area contributed by atoms with E-state index in [1.807, 2.05) is 0 Å². The van der Waals surface area contributed by atoms with Gasteiger partial charge in [0.2, 0.25) is 0 Å². The summed E-state index contributed by atoms with van der Waals surface area (Å²) in [6, 6.07) is 11.8. The molecule has 140 valence electrons. The van der Waals surface area contributed by atoms with Crippen LogP contribution in [-0.4, -0.2) is 36.5 Å². The summed E-state index contributed by atoms with van der Waals surface area (Å²) in [4.78, 5) is 26.1. The van der Waals surface area contributed by atoms with Gasteiger partial charge in [-0.25, -0.2) is 9.18 Å². The number of para-hydroxylation sites is 1. The molecule has 2 aromatic rings. The van der Waals surface area contributed by atoms with Crippen LogP contribution < -0.4 is 4.74 Å². The highest BCUT2D eigenvalue weighted by Gasteiger charge is 2.35. The Balaban J connectivity index is 1.76. The van der Waals surface area contributed by atoms with Crippen molar-refractivity contribution in [2.45, 2.75) is 12.5 Å². The zero-order chi connectivity index (χ0) is 19.4. The summed E-state index contributed by atoms with van der Waals surface area (Å²) < 4.78 is 23.7. The Hall–Kier alpha value is -2.86. The van der Waals surface area contributed by atoms with Crippen LogP contribution >= 0.6 is 11.6 Å². The van der Waals surface area contributed by atoms with Gasteiger partial charge in [-0.05, 0) is 29.8 Å². The van der Waals surface area contributed by atoms with Crippen LogP contribution in [0.15, 0.2) is 60.4 Å². The molecular weight excluding hydrogens is 373 g/mol. The molecular formula is C20H17ClFNO4. The van der Waals surface area contributed by atoms with Gasteiger partial charge in [0.1, 0.15) is 23.4 Å². The topological polar surface area (TPSA) is 55.8 Å². The maximum atomic E-state index is 13.1. The van der Waals surface area contributed by atoms with Crippen LogP contribution in [0.1, 0.15) is 5.56 Å². The molecule has 3 rings (SSSR count). The van der Waals surface area contributed by atoms with Gasteiger partial charge < -0.3 is 14.4 Å². The number of ether oxygens (including phenoxy) is 2. The second kappa shape index (κ2) is 8.22. The van der Waals surface area contributed by atoms with E-state index < -0.39 is 12.0 Å². The van der Waals surface area contributed by atoms with Crippen LogP contribution in [0.25, 0.3) is 0 Å². The van der Waals surface area contributed by atoms with Crippen molar-refractivity contribution >= 4 is 23.5 Å². The van der Waals surface area contributed by atoms with Crippen LogP contribution in [-0.2, 0) is 20.7 Å². The lowest BCUT2D eigenvalue weighted by Crippen LogP contribution is -2.44. The molecule has 0 saturated carbocycles. The van der Waals surface area contributed by atoms with Crippen LogP contribution in [0.3, 0.4) is 0 Å². The van der Waals surface area contributed by atoms with E-state index in [0.29, 0.717) is 22.1 Å². The molecule has 0 fully saturated rings. The molecule has 0 spiro atoms. The van der Waals surface area contributed by atoms with Gasteiger partial charge in [0.05, 0.1) is 18.7 Å². The number of carbonyl (C=O) groups excluding carboxylic acids is 2. The van der Waals surface area contributed by atoms with Gasteiger partial charge in [0, 0.05) is 12.5 Å². The molecule has 0 radical (unpaired) electrons. The number of halogens is 2. The highest BCUT2D eigenvalue weighted by molar-refractivity contribution is 6.32. The van der Waals surface area contributed by atoms with E-state index in [4.69, 9.17) is 21.1 Å². The van der Waals surface area contributed by atoms with Crippen molar-refractivity contribution in [3.63, 3.8) is 0 Å². The summed E-state index contributed by atoms with van der Waals surface area (Å²) in [5.74, 6) is -0.494. The number of carbonyl (C=O) groups is 2. The molecule has 1 heterocycles. The van der Waals surface area contributed by atoms with Gasteiger partial charge in [-0.15, -0.1) is 0 Å². The van der Waals surface area contributed by atoms with Crippen molar-refractivity contribution in [3.05, 3.63) is 76.8 Å². The fraction of sp³-hybridized carbons (Fsp3) is 0.200. The predicted octanol–water partition coefficient (Wildman–Crippen LogP) is 3.37. The maximum Gasteiger partial charge on any atom is 0.328 e. The molecule has 2 aromatic carbocycles. The van der Waals surface area contributed by atoms with Crippen molar-refractivity contribution in [2.24, 2.45) is 0 Å². The van der Waals surface area contributed by atoms with Gasteiger partial charge >= 0.3 is 5.97 Å². The highest BCUT2D eigenvalue weighted by Crippen LogP contribution is 2.27. The number of rotatable bonds is 6. The van der Waals surface area contributed by atoms with Crippen LogP contribution in [0, 0.1) is 5.82 Å². The maximum absolute atomic E-state index is 13.1. The van der Waals surface area contributed by atoms with E-state index in [1.165, 1.54) is 30.2 Å². The quantitative estimate of drug-likeness (QED) is 0.711. The van der Waals surface area contributed by atoms with Crippen LogP contribution in [0.2, 0.25) is 5.02 Å². The second-order valence-electron chi connectivity index (χ2n) is 5.98. The van der Waals surface area contributed by atoms with E-state index in [-0.39, 0.29) is 24.7 Å². The minimum absolute atomic E-state index is 0.102. The van der Waals surface area contributed by atoms with E-state index >= 15 is 0 Å². The molecule has 0 aliphatic carbocycles. The first-order chi connectivity index (χ1) is 13.0. The predicted molar refractivity (Wildman–Crippen MR) is 97.8 cm³/mol. The van der Waals surface area contributed by atoms with Gasteiger partial charge in [-0.1, -0.05) is 35.9 Å². The molecule has 0 aromatic heterocycles. The van der Waals surface area contributed by atoms with Crippen molar-refractivity contribution < 1.29 is 23.5 Å². The Morgan fingerprint density at radius 1 is 1.22 bits per heavy atom. The first kappa shape index (κ1) is 18.9. The van der Waals surface area contributed by atoms with Crippen molar-refractivity contribution in [3.8, 4) is 5.75 Å². The van der Waals surface area contributed by atoms with E-state index in [1.54, 1.807) is 36.4 Å². The van der Waals surface area contributed by atoms with E-state index in [9.17, 15) is 14.0 Å². The molecule has 1 aliphatic rings. The number of amides is 1. The third kappa shape index (κ3) is 4.46. The Morgan fingerprint density at radius 3 is 2.59 bits per heavy atom. The lowest BCUT2D eigenvalue weighted by Gasteiger charge is -2.26. The standard InChI is InChI=1S/C20H17ClFNO4/c1-26-20(25)17(10-13-6-8-14(22)9-7-13)23-12-15(11-19(23)24)27-18-5-3-2-4-16(18)21/h2-9,11,17H,10,12H2,1H3. The highest BCUT2D eigenvalue weighted by atomic mass is 35.5. The molecule has 1 unspecified atom stereocenters.